The zero-order chi connectivity index (χ0) is 11.1. The van der Waals surface area contributed by atoms with Crippen LogP contribution in [0.15, 0.2) is 24.3 Å². The van der Waals surface area contributed by atoms with Crippen LogP contribution in [0.5, 0.6) is 5.75 Å². The monoisotopic (exact) mass is 210 g/mol. The molecule has 0 aromatic heterocycles. The van der Waals surface area contributed by atoms with Crippen molar-refractivity contribution in [3.8, 4) is 5.75 Å². The third-order valence-corrected chi connectivity index (χ3v) is 1.91. The van der Waals surface area contributed by atoms with Crippen LogP contribution in [0.25, 0.3) is 0 Å². The maximum atomic E-state index is 11.4. The molecule has 0 aliphatic heterocycles. The van der Waals surface area contributed by atoms with Crippen molar-refractivity contribution in [1.29, 1.82) is 0 Å². The van der Waals surface area contributed by atoms with Gasteiger partial charge in [-0.25, -0.2) is 4.79 Å². The lowest BCUT2D eigenvalue weighted by molar-refractivity contribution is 0.0489. The standard InChI is InChI=1S/C11H14O4/c12-7-3-4-8-15-11(14)9-5-1-2-6-10(9)13/h1-2,5-6,12-13H,3-4,7-8H2. The first kappa shape index (κ1) is 11.5. The predicted octanol–water partition coefficient (Wildman–Crippen LogP) is 1.32. The van der Waals surface area contributed by atoms with Gasteiger partial charge in [0.05, 0.1) is 6.61 Å². The lowest BCUT2D eigenvalue weighted by atomic mass is 10.2. The summed E-state index contributed by atoms with van der Waals surface area (Å²) in [5, 5.41) is 17.9. The summed E-state index contributed by atoms with van der Waals surface area (Å²) < 4.78 is 4.90. The van der Waals surface area contributed by atoms with Gasteiger partial charge in [0.25, 0.3) is 0 Å². The number of carbonyl (C=O) groups is 1. The first-order valence-electron chi connectivity index (χ1n) is 4.81. The Morgan fingerprint density at radius 1 is 1.27 bits per heavy atom. The van der Waals surface area contributed by atoms with Crippen molar-refractivity contribution in [2.75, 3.05) is 13.2 Å². The summed E-state index contributed by atoms with van der Waals surface area (Å²) in [6.07, 6.45) is 1.23. The van der Waals surface area contributed by atoms with Crippen molar-refractivity contribution >= 4 is 5.97 Å². The summed E-state index contributed by atoms with van der Waals surface area (Å²) in [6, 6.07) is 6.23. The molecule has 0 unspecified atom stereocenters. The van der Waals surface area contributed by atoms with Gasteiger partial charge < -0.3 is 14.9 Å². The summed E-state index contributed by atoms with van der Waals surface area (Å²) in [5.41, 5.74) is 0.168. The molecule has 0 saturated carbocycles. The number of esters is 1. The molecule has 4 heteroatoms. The highest BCUT2D eigenvalue weighted by Crippen LogP contribution is 2.16. The number of phenolic OH excluding ortho intramolecular Hbond substituents is 1. The SMILES string of the molecule is O=C(OCCCCO)c1ccccc1O. The van der Waals surface area contributed by atoms with Crippen LogP contribution in [0, 0.1) is 0 Å². The van der Waals surface area contributed by atoms with E-state index in [1.165, 1.54) is 12.1 Å². The average Bonchev–Trinajstić information content (AvgIpc) is 2.25. The normalized spacial score (nSPS) is 9.93. The fraction of sp³-hybridized carbons (Fsp3) is 0.364. The zero-order valence-corrected chi connectivity index (χ0v) is 8.35. The Balaban J connectivity index is 2.44. The van der Waals surface area contributed by atoms with E-state index in [1.54, 1.807) is 12.1 Å². The zero-order valence-electron chi connectivity index (χ0n) is 8.35. The summed E-state index contributed by atoms with van der Waals surface area (Å²) in [7, 11) is 0. The van der Waals surface area contributed by atoms with Crippen LogP contribution in [0.3, 0.4) is 0 Å². The molecule has 0 spiro atoms. The van der Waals surface area contributed by atoms with Gasteiger partial charge in [0.15, 0.2) is 0 Å². The van der Waals surface area contributed by atoms with Crippen LogP contribution in [-0.2, 0) is 4.74 Å². The molecule has 0 fully saturated rings. The number of benzene rings is 1. The van der Waals surface area contributed by atoms with Crippen molar-refractivity contribution < 1.29 is 19.7 Å². The first-order valence-corrected chi connectivity index (χ1v) is 4.81. The summed E-state index contributed by atoms with van der Waals surface area (Å²) in [6.45, 7) is 0.349. The van der Waals surface area contributed by atoms with Crippen molar-refractivity contribution in [2.24, 2.45) is 0 Å². The van der Waals surface area contributed by atoms with Crippen molar-refractivity contribution in [1.82, 2.24) is 0 Å². The van der Waals surface area contributed by atoms with Crippen LogP contribution < -0.4 is 0 Å². The van der Waals surface area contributed by atoms with E-state index in [-0.39, 0.29) is 24.5 Å². The molecule has 2 N–H and O–H groups in total. The lowest BCUT2D eigenvalue weighted by Crippen LogP contribution is -2.06. The number of hydrogen-bond donors (Lipinski definition) is 2. The Labute approximate surface area is 88.1 Å². The number of carbonyl (C=O) groups excluding carboxylic acids is 1. The van der Waals surface area contributed by atoms with Gasteiger partial charge >= 0.3 is 5.97 Å². The van der Waals surface area contributed by atoms with E-state index in [9.17, 15) is 9.90 Å². The molecule has 0 saturated heterocycles. The smallest absolute Gasteiger partial charge is 0.341 e. The van der Waals surface area contributed by atoms with Gasteiger partial charge in [0, 0.05) is 6.61 Å². The van der Waals surface area contributed by atoms with Crippen molar-refractivity contribution in [3.63, 3.8) is 0 Å². The minimum absolute atomic E-state index is 0.0790. The summed E-state index contributed by atoms with van der Waals surface area (Å²) in [4.78, 5) is 11.4. The van der Waals surface area contributed by atoms with Crippen LogP contribution in [-0.4, -0.2) is 29.4 Å². The molecular formula is C11H14O4. The highest BCUT2D eigenvalue weighted by Gasteiger charge is 2.10. The molecule has 15 heavy (non-hydrogen) atoms. The quantitative estimate of drug-likeness (QED) is 0.568. The number of hydrogen-bond acceptors (Lipinski definition) is 4. The van der Waals surface area contributed by atoms with Crippen LogP contribution >= 0.6 is 0 Å². The number of aliphatic hydroxyl groups excluding tert-OH is 1. The second-order valence-corrected chi connectivity index (χ2v) is 3.08. The van der Waals surface area contributed by atoms with Gasteiger partial charge in [0.1, 0.15) is 11.3 Å². The summed E-state index contributed by atoms with van der Waals surface area (Å²) >= 11 is 0. The van der Waals surface area contributed by atoms with Gasteiger partial charge in [-0.3, -0.25) is 0 Å². The lowest BCUT2D eigenvalue weighted by Gasteiger charge is -2.05. The highest BCUT2D eigenvalue weighted by molar-refractivity contribution is 5.92. The van der Waals surface area contributed by atoms with Crippen molar-refractivity contribution in [2.45, 2.75) is 12.8 Å². The number of phenols is 1. The number of ether oxygens (including phenoxy) is 1. The van der Waals surface area contributed by atoms with E-state index in [1.807, 2.05) is 0 Å². The molecule has 82 valence electrons. The molecule has 0 atom stereocenters. The average molecular weight is 210 g/mol. The van der Waals surface area contributed by atoms with E-state index in [2.05, 4.69) is 0 Å². The molecule has 0 radical (unpaired) electrons. The van der Waals surface area contributed by atoms with Gasteiger partial charge in [-0.2, -0.15) is 0 Å². The third kappa shape index (κ3) is 3.59. The number of aromatic hydroxyl groups is 1. The third-order valence-electron chi connectivity index (χ3n) is 1.91. The van der Waals surface area contributed by atoms with Crippen molar-refractivity contribution in [3.05, 3.63) is 29.8 Å². The van der Waals surface area contributed by atoms with E-state index in [0.717, 1.165) is 0 Å². The molecule has 1 rings (SSSR count). The first-order chi connectivity index (χ1) is 7.25. The molecule has 1 aromatic rings. The molecule has 0 bridgehead atoms. The Kier molecular flexibility index (Phi) is 4.63. The number of para-hydroxylation sites is 1. The van der Waals surface area contributed by atoms with Gasteiger partial charge in [-0.1, -0.05) is 12.1 Å². The Hall–Kier alpha value is -1.55. The fourth-order valence-electron chi connectivity index (χ4n) is 1.10. The Morgan fingerprint density at radius 2 is 2.00 bits per heavy atom. The second kappa shape index (κ2) is 6.03. The molecule has 4 nitrogen and oxygen atoms in total. The van der Waals surface area contributed by atoms with E-state index in [4.69, 9.17) is 9.84 Å². The summed E-state index contributed by atoms with van der Waals surface area (Å²) in [5.74, 6) is -0.615. The van der Waals surface area contributed by atoms with Gasteiger partial charge in [-0.05, 0) is 25.0 Å². The maximum absolute atomic E-state index is 11.4. The Bertz CT molecular complexity index is 322. The van der Waals surface area contributed by atoms with E-state index < -0.39 is 5.97 Å². The highest BCUT2D eigenvalue weighted by atomic mass is 16.5. The predicted molar refractivity (Wildman–Crippen MR) is 54.7 cm³/mol. The molecule has 0 amide bonds. The molecule has 1 aromatic carbocycles. The number of rotatable bonds is 5. The molecular weight excluding hydrogens is 196 g/mol. The van der Waals surface area contributed by atoms with E-state index in [0.29, 0.717) is 12.8 Å². The van der Waals surface area contributed by atoms with E-state index >= 15 is 0 Å². The van der Waals surface area contributed by atoms with Crippen LogP contribution in [0.1, 0.15) is 23.2 Å². The maximum Gasteiger partial charge on any atom is 0.341 e. The minimum atomic E-state index is -0.536. The number of unbranched alkanes of at least 4 members (excludes halogenated alkanes) is 1. The minimum Gasteiger partial charge on any atom is -0.507 e. The molecule has 0 aliphatic rings. The topological polar surface area (TPSA) is 66.8 Å². The van der Waals surface area contributed by atoms with Crippen LogP contribution in [0.4, 0.5) is 0 Å². The fourth-order valence-corrected chi connectivity index (χ4v) is 1.10. The molecule has 0 aliphatic carbocycles. The largest absolute Gasteiger partial charge is 0.507 e. The van der Waals surface area contributed by atoms with Gasteiger partial charge in [0.2, 0.25) is 0 Å². The van der Waals surface area contributed by atoms with Crippen LogP contribution in [0.2, 0.25) is 0 Å². The Morgan fingerprint density at radius 3 is 2.67 bits per heavy atom. The second-order valence-electron chi connectivity index (χ2n) is 3.08. The molecule has 0 heterocycles. The number of aliphatic hydroxyl groups is 1. The van der Waals surface area contributed by atoms with Gasteiger partial charge in [-0.15, -0.1) is 0 Å².